The van der Waals surface area contributed by atoms with Crippen molar-refractivity contribution in [1.29, 1.82) is 0 Å². The van der Waals surface area contributed by atoms with Crippen molar-refractivity contribution in [3.63, 3.8) is 0 Å². The quantitative estimate of drug-likeness (QED) is 0.345. The van der Waals surface area contributed by atoms with E-state index in [1.165, 1.54) is 0 Å². The second-order valence-electron chi connectivity index (χ2n) is 11.2. The molecule has 0 radical (unpaired) electrons. The van der Waals surface area contributed by atoms with Crippen LogP contribution in [-0.4, -0.2) is 31.3 Å². The lowest BCUT2D eigenvalue weighted by Crippen LogP contribution is -2.68. The molecule has 4 aromatic rings. The molecule has 1 aromatic carbocycles. The predicted octanol–water partition coefficient (Wildman–Crippen LogP) is 5.59. The Labute approximate surface area is 203 Å². The van der Waals surface area contributed by atoms with Gasteiger partial charge in [-0.05, 0) is 68.1 Å². The van der Waals surface area contributed by atoms with Crippen LogP contribution >= 0.6 is 0 Å². The zero-order chi connectivity index (χ0) is 23.8. The van der Waals surface area contributed by atoms with E-state index in [-0.39, 0.29) is 22.0 Å². The van der Waals surface area contributed by atoms with Crippen LogP contribution in [0.2, 0.25) is 0 Å². The number of hydrogen-bond donors (Lipinski definition) is 1. The monoisotopic (exact) mass is 464 g/mol. The summed E-state index contributed by atoms with van der Waals surface area (Å²) in [4.78, 5) is 30.4. The first-order valence-corrected chi connectivity index (χ1v) is 12.5. The van der Waals surface area contributed by atoms with Crippen molar-refractivity contribution in [2.45, 2.75) is 52.0 Å². The Hall–Kier alpha value is -3.54. The lowest BCUT2D eigenvalue weighted by atomic mass is 9.30. The minimum atomic E-state index is -0.0481. The molecule has 35 heavy (non-hydrogen) atoms. The van der Waals surface area contributed by atoms with E-state index in [2.05, 4.69) is 44.1 Å². The number of hydrogen-bond acceptors (Lipinski definition) is 4. The van der Waals surface area contributed by atoms with E-state index in [0.717, 1.165) is 65.4 Å². The van der Waals surface area contributed by atoms with Crippen molar-refractivity contribution in [2.24, 2.45) is 16.2 Å². The normalized spacial score (nSPS) is 25.6. The summed E-state index contributed by atoms with van der Waals surface area (Å²) in [6.07, 6.45) is 13.4. The molecule has 0 unspecified atom stereocenters. The van der Waals surface area contributed by atoms with Gasteiger partial charge in [-0.1, -0.05) is 18.2 Å². The number of aromatic nitrogens is 4. The molecule has 2 bridgehead atoms. The maximum atomic E-state index is 13.7. The summed E-state index contributed by atoms with van der Waals surface area (Å²) in [5, 5.41) is 7.92. The Balaban J connectivity index is 1.14. The van der Waals surface area contributed by atoms with Crippen LogP contribution in [0, 0.1) is 16.2 Å². The van der Waals surface area contributed by atoms with Gasteiger partial charge in [-0.25, -0.2) is 0 Å². The fourth-order valence-electron chi connectivity index (χ4n) is 7.06. The standard InChI is InChI=1S/C29H28N4O2/c1-19(34)27-16-29(17-27,18-27)28(8-9-28)11-25(35)24-4-2-3-20-7-10-33(26(20)24)15-23-6-5-21(12-30-23)22-13-31-32-14-22/h2-7,10,12-14H,8-9,11,15-18H2,1H3,(H,31,32). The first kappa shape index (κ1) is 20.8. The molecule has 1 N–H and O–H groups in total. The number of fused-ring (bicyclic) bond motifs is 1. The first-order chi connectivity index (χ1) is 16.9. The van der Waals surface area contributed by atoms with E-state index >= 15 is 0 Å². The highest BCUT2D eigenvalue weighted by molar-refractivity contribution is 6.07. The Kier molecular flexibility index (Phi) is 4.16. The number of aromatic amines is 1. The van der Waals surface area contributed by atoms with Crippen LogP contribution in [0.25, 0.3) is 22.0 Å². The zero-order valence-corrected chi connectivity index (χ0v) is 19.9. The Bertz CT molecular complexity index is 1460. The van der Waals surface area contributed by atoms with Crippen LogP contribution in [0.3, 0.4) is 0 Å². The Morgan fingerprint density at radius 2 is 1.86 bits per heavy atom. The number of benzene rings is 1. The maximum Gasteiger partial charge on any atom is 0.165 e. The average molecular weight is 465 g/mol. The molecular formula is C29H28N4O2. The van der Waals surface area contributed by atoms with Gasteiger partial charge in [0.1, 0.15) is 5.78 Å². The number of carbonyl (C=O) groups excluding carboxylic acids is 2. The van der Waals surface area contributed by atoms with Gasteiger partial charge >= 0.3 is 0 Å². The van der Waals surface area contributed by atoms with Gasteiger partial charge in [0, 0.05) is 52.5 Å². The SMILES string of the molecule is CC(=O)C12CC(C3(CC(=O)c4cccc5ccn(Cc6ccc(-c7cn[nH]c7)cn6)c45)CC3)(C1)C2. The third-order valence-corrected chi connectivity index (χ3v) is 9.33. The molecule has 0 atom stereocenters. The van der Waals surface area contributed by atoms with Crippen LogP contribution in [0.4, 0.5) is 0 Å². The molecule has 3 aromatic heterocycles. The molecule has 4 saturated carbocycles. The molecule has 4 fully saturated rings. The van der Waals surface area contributed by atoms with Gasteiger partial charge in [-0.3, -0.25) is 19.7 Å². The molecule has 0 aliphatic heterocycles. The second-order valence-corrected chi connectivity index (χ2v) is 11.2. The molecule has 4 aliphatic rings. The number of Topliss-reactive ketones (excluding diaryl/α,β-unsaturated/α-hetero) is 2. The number of carbonyl (C=O) groups is 2. The number of pyridine rings is 1. The van der Waals surface area contributed by atoms with Crippen LogP contribution in [0.1, 0.15) is 61.5 Å². The van der Waals surface area contributed by atoms with Crippen molar-refractivity contribution in [3.8, 4) is 11.1 Å². The van der Waals surface area contributed by atoms with E-state index in [4.69, 9.17) is 0 Å². The average Bonchev–Trinajstić information content (AvgIpc) is 3.20. The minimum absolute atomic E-state index is 0.0481. The minimum Gasteiger partial charge on any atom is -0.341 e. The van der Waals surface area contributed by atoms with E-state index in [0.29, 0.717) is 18.7 Å². The third-order valence-electron chi connectivity index (χ3n) is 9.33. The highest BCUT2D eigenvalue weighted by Crippen LogP contribution is 2.85. The summed E-state index contributed by atoms with van der Waals surface area (Å²) in [6, 6.07) is 12.2. The molecule has 6 heteroatoms. The molecule has 3 heterocycles. The fraction of sp³-hybridized carbons (Fsp3) is 0.379. The number of ketones is 2. The van der Waals surface area contributed by atoms with Crippen LogP contribution in [-0.2, 0) is 11.3 Å². The van der Waals surface area contributed by atoms with Gasteiger partial charge < -0.3 is 4.57 Å². The summed E-state index contributed by atoms with van der Waals surface area (Å²) in [6.45, 7) is 2.35. The molecular weight excluding hydrogens is 436 g/mol. The molecule has 0 saturated heterocycles. The number of nitrogens with one attached hydrogen (secondary N) is 1. The molecule has 4 aliphatic carbocycles. The summed E-state index contributed by atoms with van der Waals surface area (Å²) in [7, 11) is 0. The lowest BCUT2D eigenvalue weighted by molar-refractivity contribution is -0.233. The van der Waals surface area contributed by atoms with Gasteiger partial charge in [0.2, 0.25) is 0 Å². The fourth-order valence-corrected chi connectivity index (χ4v) is 7.06. The van der Waals surface area contributed by atoms with Crippen molar-refractivity contribution < 1.29 is 9.59 Å². The smallest absolute Gasteiger partial charge is 0.165 e. The highest BCUT2D eigenvalue weighted by Gasteiger charge is 2.79. The highest BCUT2D eigenvalue weighted by atomic mass is 16.1. The summed E-state index contributed by atoms with van der Waals surface area (Å²) in [5.74, 6) is 0.577. The number of nitrogens with zero attached hydrogens (tertiary/aromatic N) is 3. The van der Waals surface area contributed by atoms with Crippen LogP contribution < -0.4 is 0 Å². The topological polar surface area (TPSA) is 80.6 Å². The largest absolute Gasteiger partial charge is 0.341 e. The van der Waals surface area contributed by atoms with Gasteiger partial charge in [-0.15, -0.1) is 0 Å². The second kappa shape index (κ2) is 7.00. The molecule has 8 rings (SSSR count). The van der Waals surface area contributed by atoms with Gasteiger partial charge in [0.05, 0.1) is 24.0 Å². The van der Waals surface area contributed by atoms with Crippen molar-refractivity contribution in [3.05, 3.63) is 72.4 Å². The van der Waals surface area contributed by atoms with E-state index < -0.39 is 0 Å². The van der Waals surface area contributed by atoms with Gasteiger partial charge in [-0.2, -0.15) is 5.10 Å². The third kappa shape index (κ3) is 2.95. The van der Waals surface area contributed by atoms with Crippen molar-refractivity contribution in [1.82, 2.24) is 19.7 Å². The molecule has 176 valence electrons. The summed E-state index contributed by atoms with van der Waals surface area (Å²) in [5.41, 5.74) is 5.08. The van der Waals surface area contributed by atoms with E-state index in [9.17, 15) is 9.59 Å². The van der Waals surface area contributed by atoms with Crippen molar-refractivity contribution in [2.75, 3.05) is 0 Å². The van der Waals surface area contributed by atoms with Crippen LogP contribution in [0.5, 0.6) is 0 Å². The molecule has 0 spiro atoms. The number of para-hydroxylation sites is 1. The molecule has 6 nitrogen and oxygen atoms in total. The lowest BCUT2D eigenvalue weighted by Gasteiger charge is -2.73. The predicted molar refractivity (Wildman–Crippen MR) is 133 cm³/mol. The maximum absolute atomic E-state index is 13.7. The van der Waals surface area contributed by atoms with Crippen molar-refractivity contribution >= 4 is 22.5 Å². The van der Waals surface area contributed by atoms with Gasteiger partial charge in [0.25, 0.3) is 0 Å². The van der Waals surface area contributed by atoms with E-state index in [1.807, 2.05) is 30.6 Å². The van der Waals surface area contributed by atoms with Gasteiger partial charge in [0.15, 0.2) is 5.78 Å². The summed E-state index contributed by atoms with van der Waals surface area (Å²) < 4.78 is 2.15. The first-order valence-electron chi connectivity index (χ1n) is 12.5. The zero-order valence-electron chi connectivity index (χ0n) is 19.9. The van der Waals surface area contributed by atoms with E-state index in [1.54, 1.807) is 13.1 Å². The Morgan fingerprint density at radius 3 is 2.51 bits per heavy atom. The number of H-pyrrole nitrogens is 1. The molecule has 0 amide bonds. The number of rotatable bonds is 8. The van der Waals surface area contributed by atoms with Crippen LogP contribution in [0.15, 0.2) is 61.2 Å². The Morgan fingerprint density at radius 1 is 1.03 bits per heavy atom. The summed E-state index contributed by atoms with van der Waals surface area (Å²) >= 11 is 0.